The van der Waals surface area contributed by atoms with Gasteiger partial charge in [-0.05, 0) is 30.3 Å². The fraction of sp³-hybridized carbons (Fsp3) is 0. The number of carbonyl (C=O) groups is 2. The quantitative estimate of drug-likeness (QED) is 0.568. The molecule has 0 fully saturated rings. The smallest absolute Gasteiger partial charge is 0.268 e. The Morgan fingerprint density at radius 2 is 1.79 bits per heavy atom. The maximum atomic E-state index is 13.4. The van der Waals surface area contributed by atoms with E-state index < -0.39 is 17.6 Å². The Bertz CT molecular complexity index is 903. The number of benzene rings is 2. The monoisotopic (exact) mass is 341 g/mol. The van der Waals surface area contributed by atoms with Gasteiger partial charge < -0.3 is 0 Å². The molecule has 3 rings (SSSR count). The molecule has 24 heavy (non-hydrogen) atoms. The second-order valence-corrected chi connectivity index (χ2v) is 5.84. The molecule has 0 saturated carbocycles. The van der Waals surface area contributed by atoms with Crippen molar-refractivity contribution in [3.05, 3.63) is 71.0 Å². The summed E-state index contributed by atoms with van der Waals surface area (Å²) in [6, 6.07) is 13.1. The number of carbonyl (C=O) groups excluding carboxylic acids is 2. The van der Waals surface area contributed by atoms with E-state index in [0.29, 0.717) is 5.01 Å². The van der Waals surface area contributed by atoms with Crippen molar-refractivity contribution in [2.75, 3.05) is 0 Å². The van der Waals surface area contributed by atoms with Gasteiger partial charge in [0.2, 0.25) is 0 Å². The lowest BCUT2D eigenvalue weighted by atomic mass is 10.2. The number of fused-ring (bicyclic) bond motifs is 1. The van der Waals surface area contributed by atoms with Gasteiger partial charge in [0, 0.05) is 6.08 Å². The van der Waals surface area contributed by atoms with E-state index in [1.54, 1.807) is 6.08 Å². The average molecular weight is 341 g/mol. The highest BCUT2D eigenvalue weighted by Gasteiger charge is 2.10. The Kier molecular flexibility index (Phi) is 4.62. The van der Waals surface area contributed by atoms with Gasteiger partial charge in [0.25, 0.3) is 11.8 Å². The number of hydrazine groups is 1. The summed E-state index contributed by atoms with van der Waals surface area (Å²) >= 11 is 1.45. The van der Waals surface area contributed by atoms with Crippen LogP contribution in [0.25, 0.3) is 16.3 Å². The summed E-state index contributed by atoms with van der Waals surface area (Å²) in [4.78, 5) is 27.8. The van der Waals surface area contributed by atoms with Crippen molar-refractivity contribution >= 4 is 39.4 Å². The average Bonchev–Trinajstić information content (AvgIpc) is 3.01. The van der Waals surface area contributed by atoms with E-state index in [1.165, 1.54) is 41.7 Å². The van der Waals surface area contributed by atoms with Gasteiger partial charge >= 0.3 is 0 Å². The normalized spacial score (nSPS) is 10.9. The first kappa shape index (κ1) is 15.8. The van der Waals surface area contributed by atoms with E-state index in [-0.39, 0.29) is 5.56 Å². The Hall–Kier alpha value is -3.06. The molecule has 3 aromatic rings. The lowest BCUT2D eigenvalue weighted by molar-refractivity contribution is -0.117. The molecular formula is C17H12FN3O2S. The minimum absolute atomic E-state index is 0.145. The van der Waals surface area contributed by atoms with Crippen molar-refractivity contribution in [2.45, 2.75) is 0 Å². The second kappa shape index (κ2) is 7.01. The zero-order valence-corrected chi connectivity index (χ0v) is 13.1. The number of nitrogens with zero attached hydrogens (tertiary/aromatic N) is 1. The molecule has 5 nitrogen and oxygen atoms in total. The van der Waals surface area contributed by atoms with Crippen LogP contribution in [0.15, 0.2) is 54.6 Å². The maximum Gasteiger partial charge on any atom is 0.272 e. The van der Waals surface area contributed by atoms with Gasteiger partial charge in [-0.1, -0.05) is 24.3 Å². The molecule has 2 aromatic carbocycles. The Labute approximate surface area is 140 Å². The second-order valence-electron chi connectivity index (χ2n) is 4.78. The van der Waals surface area contributed by atoms with Gasteiger partial charge in [-0.2, -0.15) is 0 Å². The number of rotatable bonds is 3. The SMILES string of the molecule is O=C(C=Cc1nc2ccccc2s1)NNC(=O)c1ccccc1F. The van der Waals surface area contributed by atoms with Crippen LogP contribution in [0.1, 0.15) is 15.4 Å². The molecule has 1 aromatic heterocycles. The molecule has 0 bridgehead atoms. The number of hydrogen-bond donors (Lipinski definition) is 2. The predicted octanol–water partition coefficient (Wildman–Crippen LogP) is 2.91. The van der Waals surface area contributed by atoms with Crippen LogP contribution in [0.3, 0.4) is 0 Å². The summed E-state index contributed by atoms with van der Waals surface area (Å²) in [7, 11) is 0. The van der Waals surface area contributed by atoms with Gasteiger partial charge in [-0.3, -0.25) is 20.4 Å². The van der Waals surface area contributed by atoms with Crippen molar-refractivity contribution < 1.29 is 14.0 Å². The van der Waals surface area contributed by atoms with Gasteiger partial charge in [0.15, 0.2) is 0 Å². The molecule has 0 radical (unpaired) electrons. The summed E-state index contributed by atoms with van der Waals surface area (Å²) in [6.45, 7) is 0. The van der Waals surface area contributed by atoms with E-state index in [1.807, 2.05) is 24.3 Å². The molecule has 0 aliphatic rings. The predicted molar refractivity (Wildman–Crippen MR) is 90.7 cm³/mol. The van der Waals surface area contributed by atoms with Crippen LogP contribution in [-0.2, 0) is 4.79 Å². The Balaban J connectivity index is 1.59. The first-order chi connectivity index (χ1) is 11.6. The summed E-state index contributed by atoms with van der Waals surface area (Å²) in [5, 5.41) is 0.673. The number of para-hydroxylation sites is 1. The van der Waals surface area contributed by atoms with Gasteiger partial charge in [0.1, 0.15) is 10.8 Å². The summed E-state index contributed by atoms with van der Waals surface area (Å²) < 4.78 is 14.5. The Morgan fingerprint density at radius 3 is 2.58 bits per heavy atom. The van der Waals surface area contributed by atoms with Crippen molar-refractivity contribution in [3.8, 4) is 0 Å². The van der Waals surface area contributed by atoms with Crippen molar-refractivity contribution in [2.24, 2.45) is 0 Å². The number of aromatic nitrogens is 1. The standard InChI is InChI=1S/C17H12FN3O2S/c18-12-6-2-1-5-11(12)17(23)21-20-15(22)9-10-16-19-13-7-3-4-8-14(13)24-16/h1-10H,(H,20,22)(H,21,23). The molecule has 0 aliphatic heterocycles. The van der Waals surface area contributed by atoms with E-state index in [0.717, 1.165) is 10.2 Å². The largest absolute Gasteiger partial charge is 0.272 e. The fourth-order valence-corrected chi connectivity index (χ4v) is 2.85. The van der Waals surface area contributed by atoms with Crippen LogP contribution >= 0.6 is 11.3 Å². The van der Waals surface area contributed by atoms with Crippen LogP contribution in [-0.4, -0.2) is 16.8 Å². The molecule has 7 heteroatoms. The highest BCUT2D eigenvalue weighted by Crippen LogP contribution is 2.22. The summed E-state index contributed by atoms with van der Waals surface area (Å²) in [5.74, 6) is -1.93. The zero-order valence-electron chi connectivity index (χ0n) is 12.3. The fourth-order valence-electron chi connectivity index (χ4n) is 1.98. The molecule has 120 valence electrons. The van der Waals surface area contributed by atoms with Crippen molar-refractivity contribution in [1.29, 1.82) is 0 Å². The number of nitrogens with one attached hydrogen (secondary N) is 2. The zero-order chi connectivity index (χ0) is 16.9. The molecule has 2 N–H and O–H groups in total. The van der Waals surface area contributed by atoms with Crippen molar-refractivity contribution in [3.63, 3.8) is 0 Å². The summed E-state index contributed by atoms with van der Waals surface area (Å²) in [5.41, 5.74) is 5.06. The lowest BCUT2D eigenvalue weighted by Gasteiger charge is -2.05. The number of thiazole rings is 1. The van der Waals surface area contributed by atoms with Gasteiger partial charge in [0.05, 0.1) is 15.8 Å². The molecule has 0 spiro atoms. The molecular weight excluding hydrogens is 329 g/mol. The number of halogens is 1. The Morgan fingerprint density at radius 1 is 1.04 bits per heavy atom. The van der Waals surface area contributed by atoms with Gasteiger partial charge in [-0.15, -0.1) is 11.3 Å². The van der Waals surface area contributed by atoms with Crippen LogP contribution < -0.4 is 10.9 Å². The highest BCUT2D eigenvalue weighted by molar-refractivity contribution is 7.19. The van der Waals surface area contributed by atoms with Gasteiger partial charge in [-0.25, -0.2) is 9.37 Å². The number of amides is 2. The molecule has 2 amide bonds. The van der Waals surface area contributed by atoms with Crippen molar-refractivity contribution in [1.82, 2.24) is 15.8 Å². The third kappa shape index (κ3) is 3.64. The van der Waals surface area contributed by atoms with E-state index in [9.17, 15) is 14.0 Å². The first-order valence-electron chi connectivity index (χ1n) is 7.02. The molecule has 1 heterocycles. The van der Waals surface area contributed by atoms with Crippen LogP contribution in [0, 0.1) is 5.82 Å². The highest BCUT2D eigenvalue weighted by atomic mass is 32.1. The third-order valence-corrected chi connectivity index (χ3v) is 4.11. The van der Waals surface area contributed by atoms with Crippen LogP contribution in [0.5, 0.6) is 0 Å². The molecule has 0 unspecified atom stereocenters. The molecule has 0 saturated heterocycles. The minimum Gasteiger partial charge on any atom is -0.268 e. The van der Waals surface area contributed by atoms with Crippen LogP contribution in [0.4, 0.5) is 4.39 Å². The van der Waals surface area contributed by atoms with Crippen LogP contribution in [0.2, 0.25) is 0 Å². The molecule has 0 aliphatic carbocycles. The maximum absolute atomic E-state index is 13.4. The van der Waals surface area contributed by atoms with E-state index in [2.05, 4.69) is 15.8 Å². The topological polar surface area (TPSA) is 71.1 Å². The van der Waals surface area contributed by atoms with E-state index >= 15 is 0 Å². The third-order valence-electron chi connectivity index (χ3n) is 3.11. The summed E-state index contributed by atoms with van der Waals surface area (Å²) in [6.07, 6.45) is 2.80. The number of hydrogen-bond acceptors (Lipinski definition) is 4. The first-order valence-corrected chi connectivity index (χ1v) is 7.83. The molecule has 0 atom stereocenters. The van der Waals surface area contributed by atoms with E-state index in [4.69, 9.17) is 0 Å². The lowest BCUT2D eigenvalue weighted by Crippen LogP contribution is -2.41. The minimum atomic E-state index is -0.727.